The third-order valence-electron chi connectivity index (χ3n) is 3.51. The zero-order valence-corrected chi connectivity index (χ0v) is 10.1. The van der Waals surface area contributed by atoms with Gasteiger partial charge in [-0.25, -0.2) is 0 Å². The summed E-state index contributed by atoms with van der Waals surface area (Å²) >= 11 is 1.85. The van der Waals surface area contributed by atoms with Crippen LogP contribution in [0.3, 0.4) is 0 Å². The van der Waals surface area contributed by atoms with Crippen molar-refractivity contribution in [3.05, 3.63) is 0 Å². The van der Waals surface area contributed by atoms with E-state index in [1.165, 1.54) is 0 Å². The molecule has 5 heteroatoms. The Morgan fingerprint density at radius 2 is 2.00 bits per heavy atom. The van der Waals surface area contributed by atoms with Crippen LogP contribution in [0.1, 0.15) is 25.7 Å². The van der Waals surface area contributed by atoms with Gasteiger partial charge in [0.05, 0.1) is 11.8 Å². The summed E-state index contributed by atoms with van der Waals surface area (Å²) in [4.78, 5) is 22.3. The predicted octanol–water partition coefficient (Wildman–Crippen LogP) is 1.11. The van der Waals surface area contributed by atoms with E-state index in [1.807, 2.05) is 11.8 Å². The van der Waals surface area contributed by atoms with E-state index in [0.717, 1.165) is 19.3 Å². The second kappa shape index (κ2) is 4.65. The molecule has 16 heavy (non-hydrogen) atoms. The number of hydrogen-bond donors (Lipinski definition) is 2. The fourth-order valence-electron chi connectivity index (χ4n) is 2.35. The Morgan fingerprint density at radius 3 is 2.50 bits per heavy atom. The van der Waals surface area contributed by atoms with Crippen molar-refractivity contribution in [1.82, 2.24) is 5.32 Å². The van der Waals surface area contributed by atoms with Crippen molar-refractivity contribution in [2.75, 3.05) is 6.26 Å². The first-order valence-corrected chi connectivity index (χ1v) is 6.96. The molecule has 0 saturated heterocycles. The van der Waals surface area contributed by atoms with Crippen molar-refractivity contribution >= 4 is 23.6 Å². The van der Waals surface area contributed by atoms with E-state index in [1.54, 1.807) is 0 Å². The molecule has 2 unspecified atom stereocenters. The summed E-state index contributed by atoms with van der Waals surface area (Å²) in [6, 6.07) is 0.264. The van der Waals surface area contributed by atoms with Gasteiger partial charge in [0, 0.05) is 11.3 Å². The molecule has 0 aromatic rings. The van der Waals surface area contributed by atoms with Crippen molar-refractivity contribution in [2.45, 2.75) is 37.0 Å². The minimum atomic E-state index is -0.839. The van der Waals surface area contributed by atoms with Gasteiger partial charge in [0.15, 0.2) is 0 Å². The van der Waals surface area contributed by atoms with E-state index in [2.05, 4.69) is 11.6 Å². The number of carboxylic acid groups (broad SMARTS) is 1. The number of rotatable bonds is 4. The summed E-state index contributed by atoms with van der Waals surface area (Å²) in [7, 11) is 0. The maximum atomic E-state index is 11.7. The molecule has 1 amide bonds. The minimum absolute atomic E-state index is 0.0563. The first kappa shape index (κ1) is 11.8. The summed E-state index contributed by atoms with van der Waals surface area (Å²) in [6.45, 7) is 0. The lowest BCUT2D eigenvalue weighted by Gasteiger charge is -2.12. The first-order valence-electron chi connectivity index (χ1n) is 5.67. The molecule has 4 atom stereocenters. The molecule has 0 aliphatic heterocycles. The van der Waals surface area contributed by atoms with Gasteiger partial charge in [-0.1, -0.05) is 0 Å². The SMILES string of the molecule is CSC1CCC(NC(=O)[C@@H]2C[C@@H]2C(=O)O)C1. The van der Waals surface area contributed by atoms with Gasteiger partial charge in [-0.05, 0) is 31.9 Å². The van der Waals surface area contributed by atoms with Gasteiger partial charge >= 0.3 is 5.97 Å². The molecule has 2 N–H and O–H groups in total. The van der Waals surface area contributed by atoms with Crippen LogP contribution in [0.4, 0.5) is 0 Å². The van der Waals surface area contributed by atoms with Gasteiger partial charge in [0.25, 0.3) is 0 Å². The lowest BCUT2D eigenvalue weighted by molar-refractivity contribution is -0.140. The fraction of sp³-hybridized carbons (Fsp3) is 0.818. The van der Waals surface area contributed by atoms with Crippen LogP contribution in [0.15, 0.2) is 0 Å². The Kier molecular flexibility index (Phi) is 3.42. The maximum Gasteiger partial charge on any atom is 0.307 e. The molecule has 4 nitrogen and oxygen atoms in total. The molecule has 2 aliphatic rings. The zero-order chi connectivity index (χ0) is 11.7. The second-order valence-electron chi connectivity index (χ2n) is 4.66. The Bertz CT molecular complexity index is 308. The summed E-state index contributed by atoms with van der Waals surface area (Å²) in [5.74, 6) is -1.60. The molecule has 0 aromatic heterocycles. The van der Waals surface area contributed by atoms with Crippen LogP contribution >= 0.6 is 11.8 Å². The highest BCUT2D eigenvalue weighted by atomic mass is 32.2. The number of hydrogen-bond acceptors (Lipinski definition) is 3. The summed E-state index contributed by atoms with van der Waals surface area (Å²) in [5.41, 5.74) is 0. The second-order valence-corrected chi connectivity index (χ2v) is 5.80. The summed E-state index contributed by atoms with van der Waals surface area (Å²) in [6.07, 6.45) is 5.81. The van der Waals surface area contributed by atoms with Crippen LogP contribution in [0, 0.1) is 11.8 Å². The molecular formula is C11H17NO3S. The third kappa shape index (κ3) is 2.51. The standard InChI is InChI=1S/C11H17NO3S/c1-16-7-3-2-6(4-7)12-10(13)8-5-9(8)11(14)15/h6-9H,2-5H2,1H3,(H,12,13)(H,14,15)/t6?,7?,8-,9+/m1/s1. The van der Waals surface area contributed by atoms with Crippen LogP contribution in [0.2, 0.25) is 0 Å². The Balaban J connectivity index is 1.75. The van der Waals surface area contributed by atoms with Crippen LogP contribution in [0.25, 0.3) is 0 Å². The van der Waals surface area contributed by atoms with Crippen molar-refractivity contribution < 1.29 is 14.7 Å². The predicted molar refractivity (Wildman–Crippen MR) is 62.3 cm³/mol. The van der Waals surface area contributed by atoms with Crippen molar-refractivity contribution in [3.8, 4) is 0 Å². The van der Waals surface area contributed by atoms with Crippen LogP contribution in [0.5, 0.6) is 0 Å². The van der Waals surface area contributed by atoms with Crippen molar-refractivity contribution in [1.29, 1.82) is 0 Å². The molecule has 0 aromatic carbocycles. The van der Waals surface area contributed by atoms with Gasteiger partial charge in [-0.3, -0.25) is 9.59 Å². The smallest absolute Gasteiger partial charge is 0.307 e. The zero-order valence-electron chi connectivity index (χ0n) is 9.31. The van der Waals surface area contributed by atoms with Gasteiger partial charge in [-0.2, -0.15) is 11.8 Å². The number of nitrogens with one attached hydrogen (secondary N) is 1. The highest BCUT2D eigenvalue weighted by molar-refractivity contribution is 7.99. The molecule has 90 valence electrons. The molecule has 2 aliphatic carbocycles. The lowest BCUT2D eigenvalue weighted by atomic mass is 10.2. The van der Waals surface area contributed by atoms with Crippen LogP contribution in [-0.2, 0) is 9.59 Å². The average Bonchev–Trinajstić information content (AvgIpc) is 2.94. The summed E-state index contributed by atoms with van der Waals surface area (Å²) in [5, 5.41) is 12.4. The van der Waals surface area contributed by atoms with Crippen LogP contribution in [-0.4, -0.2) is 34.5 Å². The topological polar surface area (TPSA) is 66.4 Å². The highest BCUT2D eigenvalue weighted by Crippen LogP contribution is 2.39. The van der Waals surface area contributed by atoms with E-state index >= 15 is 0 Å². The fourth-order valence-corrected chi connectivity index (χ4v) is 3.15. The number of carbonyl (C=O) groups is 2. The van der Waals surface area contributed by atoms with E-state index in [9.17, 15) is 9.59 Å². The van der Waals surface area contributed by atoms with Crippen molar-refractivity contribution in [2.24, 2.45) is 11.8 Å². The number of carboxylic acids is 1. The minimum Gasteiger partial charge on any atom is -0.481 e. The number of amides is 1. The van der Waals surface area contributed by atoms with Gasteiger partial charge in [0.2, 0.25) is 5.91 Å². The van der Waals surface area contributed by atoms with Crippen LogP contribution < -0.4 is 5.32 Å². The molecular weight excluding hydrogens is 226 g/mol. The van der Waals surface area contributed by atoms with E-state index in [0.29, 0.717) is 11.7 Å². The van der Waals surface area contributed by atoms with Gasteiger partial charge < -0.3 is 10.4 Å². The Hall–Kier alpha value is -0.710. The molecule has 0 heterocycles. The molecule has 0 spiro atoms. The van der Waals surface area contributed by atoms with Crippen molar-refractivity contribution in [3.63, 3.8) is 0 Å². The molecule has 2 fully saturated rings. The van der Waals surface area contributed by atoms with E-state index in [-0.39, 0.29) is 17.9 Å². The average molecular weight is 243 g/mol. The number of aliphatic carboxylic acids is 1. The molecule has 0 bridgehead atoms. The Morgan fingerprint density at radius 1 is 1.25 bits per heavy atom. The Labute approximate surface area is 99.2 Å². The van der Waals surface area contributed by atoms with Gasteiger partial charge in [-0.15, -0.1) is 0 Å². The molecule has 0 radical (unpaired) electrons. The van der Waals surface area contributed by atoms with E-state index in [4.69, 9.17) is 5.11 Å². The third-order valence-corrected chi connectivity index (χ3v) is 4.60. The highest BCUT2D eigenvalue weighted by Gasteiger charge is 2.48. The largest absolute Gasteiger partial charge is 0.481 e. The molecule has 2 rings (SSSR count). The summed E-state index contributed by atoms with van der Waals surface area (Å²) < 4.78 is 0. The maximum absolute atomic E-state index is 11.7. The lowest BCUT2D eigenvalue weighted by Crippen LogP contribution is -2.35. The monoisotopic (exact) mass is 243 g/mol. The molecule has 2 saturated carbocycles. The number of carbonyl (C=O) groups excluding carboxylic acids is 1. The first-order chi connectivity index (χ1) is 7.61. The normalized spacial score (nSPS) is 37.1. The number of thioether (sulfide) groups is 1. The quantitative estimate of drug-likeness (QED) is 0.776. The van der Waals surface area contributed by atoms with Gasteiger partial charge in [0.1, 0.15) is 0 Å². The van der Waals surface area contributed by atoms with E-state index < -0.39 is 11.9 Å².